The molecule has 0 bridgehead atoms. The number of hydrogen-bond donors (Lipinski definition) is 1. The van der Waals surface area contributed by atoms with Crippen molar-refractivity contribution >= 4 is 32.5 Å². The molecule has 2 nitrogen and oxygen atoms in total. The Bertz CT molecular complexity index is 749. The number of aromatic nitrogens is 1. The fraction of sp³-hybridized carbons (Fsp3) is 0.0667. The Hall–Kier alpha value is -1.81. The van der Waals surface area contributed by atoms with Crippen molar-refractivity contribution in [2.75, 3.05) is 5.73 Å². The third-order valence-electron chi connectivity index (χ3n) is 3.15. The molecule has 4 heteroatoms. The van der Waals surface area contributed by atoms with Gasteiger partial charge in [0.2, 0.25) is 0 Å². The summed E-state index contributed by atoms with van der Waals surface area (Å²) >= 11 is 3.44. The van der Waals surface area contributed by atoms with Crippen molar-refractivity contribution in [3.63, 3.8) is 0 Å². The Balaban J connectivity index is 2.01. The van der Waals surface area contributed by atoms with E-state index < -0.39 is 0 Å². The highest BCUT2D eigenvalue weighted by atomic mass is 79.9. The molecule has 19 heavy (non-hydrogen) atoms. The lowest BCUT2D eigenvalue weighted by Crippen LogP contribution is -2.01. The van der Waals surface area contributed by atoms with E-state index in [1.807, 2.05) is 35.0 Å². The second kappa shape index (κ2) is 4.70. The van der Waals surface area contributed by atoms with Crippen LogP contribution in [-0.4, -0.2) is 4.57 Å². The van der Waals surface area contributed by atoms with Crippen LogP contribution in [-0.2, 0) is 6.54 Å². The maximum Gasteiger partial charge on any atom is 0.130 e. The first-order valence-corrected chi connectivity index (χ1v) is 6.71. The van der Waals surface area contributed by atoms with Gasteiger partial charge in [0.25, 0.3) is 0 Å². The zero-order valence-electron chi connectivity index (χ0n) is 10.1. The lowest BCUT2D eigenvalue weighted by Gasteiger charge is -2.07. The van der Waals surface area contributed by atoms with E-state index in [4.69, 9.17) is 5.73 Å². The van der Waals surface area contributed by atoms with Crippen molar-refractivity contribution in [2.45, 2.75) is 6.54 Å². The minimum atomic E-state index is -0.265. The molecule has 2 N–H and O–H groups in total. The summed E-state index contributed by atoms with van der Waals surface area (Å²) in [5.41, 5.74) is 7.72. The van der Waals surface area contributed by atoms with Crippen molar-refractivity contribution in [1.29, 1.82) is 0 Å². The molecular weight excluding hydrogens is 307 g/mol. The van der Waals surface area contributed by atoms with Crippen LogP contribution in [0.3, 0.4) is 0 Å². The lowest BCUT2D eigenvalue weighted by molar-refractivity contribution is 0.603. The molecule has 2 aromatic carbocycles. The summed E-state index contributed by atoms with van der Waals surface area (Å²) in [6, 6.07) is 12.9. The second-order valence-electron chi connectivity index (χ2n) is 4.50. The van der Waals surface area contributed by atoms with E-state index in [1.54, 1.807) is 12.1 Å². The van der Waals surface area contributed by atoms with Gasteiger partial charge in [-0.05, 0) is 36.4 Å². The molecule has 0 aliphatic rings. The van der Waals surface area contributed by atoms with Crippen LogP contribution in [0.25, 0.3) is 10.9 Å². The van der Waals surface area contributed by atoms with E-state index in [-0.39, 0.29) is 5.82 Å². The first-order valence-electron chi connectivity index (χ1n) is 5.92. The summed E-state index contributed by atoms with van der Waals surface area (Å²) < 4.78 is 16.9. The molecule has 0 radical (unpaired) electrons. The van der Waals surface area contributed by atoms with Gasteiger partial charge in [-0.25, -0.2) is 4.39 Å². The van der Waals surface area contributed by atoms with Gasteiger partial charge in [0.1, 0.15) is 5.82 Å². The maximum atomic E-state index is 13.8. The first kappa shape index (κ1) is 12.2. The topological polar surface area (TPSA) is 30.9 Å². The van der Waals surface area contributed by atoms with Crippen LogP contribution in [0.5, 0.6) is 0 Å². The monoisotopic (exact) mass is 318 g/mol. The number of benzene rings is 2. The van der Waals surface area contributed by atoms with Gasteiger partial charge < -0.3 is 10.3 Å². The number of fused-ring (bicyclic) bond motifs is 1. The van der Waals surface area contributed by atoms with E-state index in [0.717, 1.165) is 15.4 Å². The van der Waals surface area contributed by atoms with Crippen LogP contribution < -0.4 is 5.73 Å². The van der Waals surface area contributed by atoms with Crippen molar-refractivity contribution in [1.82, 2.24) is 4.57 Å². The minimum absolute atomic E-state index is 0.265. The summed E-state index contributed by atoms with van der Waals surface area (Å²) in [4.78, 5) is 0. The Morgan fingerprint density at radius 2 is 1.95 bits per heavy atom. The average molecular weight is 319 g/mol. The fourth-order valence-electron chi connectivity index (χ4n) is 2.18. The first-order chi connectivity index (χ1) is 9.13. The van der Waals surface area contributed by atoms with Crippen LogP contribution in [0.15, 0.2) is 53.1 Å². The highest BCUT2D eigenvalue weighted by molar-refractivity contribution is 9.10. The number of halogens is 2. The number of rotatable bonds is 2. The zero-order chi connectivity index (χ0) is 13.4. The SMILES string of the molecule is Nc1ccc(Cn2ccc3cc(Br)ccc32)c(F)c1. The van der Waals surface area contributed by atoms with E-state index in [0.29, 0.717) is 17.8 Å². The minimum Gasteiger partial charge on any atom is -0.399 e. The van der Waals surface area contributed by atoms with Gasteiger partial charge in [-0.3, -0.25) is 0 Å². The summed E-state index contributed by atoms with van der Waals surface area (Å²) in [5, 5.41) is 1.13. The van der Waals surface area contributed by atoms with Crippen molar-refractivity contribution in [3.05, 3.63) is 64.5 Å². The van der Waals surface area contributed by atoms with E-state index in [2.05, 4.69) is 15.9 Å². The van der Waals surface area contributed by atoms with E-state index in [1.165, 1.54) is 6.07 Å². The van der Waals surface area contributed by atoms with Crippen molar-refractivity contribution in [3.8, 4) is 0 Å². The van der Waals surface area contributed by atoms with Crippen LogP contribution >= 0.6 is 15.9 Å². The molecule has 0 aliphatic heterocycles. The highest BCUT2D eigenvalue weighted by Gasteiger charge is 2.06. The van der Waals surface area contributed by atoms with Gasteiger partial charge in [-0.1, -0.05) is 22.0 Å². The molecule has 0 saturated carbocycles. The number of hydrogen-bond acceptors (Lipinski definition) is 1. The number of nitrogens with two attached hydrogens (primary N) is 1. The third-order valence-corrected chi connectivity index (χ3v) is 3.64. The quantitative estimate of drug-likeness (QED) is 0.706. The van der Waals surface area contributed by atoms with Gasteiger partial charge in [-0.2, -0.15) is 0 Å². The molecule has 0 atom stereocenters. The summed E-state index contributed by atoms with van der Waals surface area (Å²) in [6.45, 7) is 0.497. The van der Waals surface area contributed by atoms with Crippen LogP contribution in [0.1, 0.15) is 5.56 Å². The Labute approximate surface area is 118 Å². The lowest BCUT2D eigenvalue weighted by atomic mass is 10.2. The smallest absolute Gasteiger partial charge is 0.130 e. The molecule has 96 valence electrons. The van der Waals surface area contributed by atoms with Gasteiger partial charge >= 0.3 is 0 Å². The molecule has 0 fully saturated rings. The van der Waals surface area contributed by atoms with Crippen LogP contribution in [0.2, 0.25) is 0 Å². The summed E-state index contributed by atoms with van der Waals surface area (Å²) in [6.07, 6.45) is 1.97. The molecule has 1 aromatic heterocycles. The van der Waals surface area contributed by atoms with Gasteiger partial charge in [0.05, 0.1) is 6.54 Å². The number of anilines is 1. The van der Waals surface area contributed by atoms with Crippen molar-refractivity contribution in [2.24, 2.45) is 0 Å². The van der Waals surface area contributed by atoms with Gasteiger partial charge in [0.15, 0.2) is 0 Å². The predicted molar refractivity (Wildman–Crippen MR) is 79.6 cm³/mol. The number of nitrogen functional groups attached to an aromatic ring is 1. The average Bonchev–Trinajstić information content (AvgIpc) is 2.75. The second-order valence-corrected chi connectivity index (χ2v) is 5.41. The van der Waals surface area contributed by atoms with Gasteiger partial charge in [-0.15, -0.1) is 0 Å². The van der Waals surface area contributed by atoms with Crippen LogP contribution in [0, 0.1) is 5.82 Å². The van der Waals surface area contributed by atoms with Crippen molar-refractivity contribution < 1.29 is 4.39 Å². The summed E-state index contributed by atoms with van der Waals surface area (Å²) in [5.74, 6) is -0.265. The Morgan fingerprint density at radius 3 is 2.74 bits per heavy atom. The molecule has 1 heterocycles. The normalized spacial score (nSPS) is 11.1. The standard InChI is InChI=1S/C15H12BrFN2/c16-12-2-4-15-10(7-12)5-6-19(15)9-11-1-3-13(18)8-14(11)17/h1-8H,9,18H2. The molecule has 0 spiro atoms. The molecule has 3 rings (SSSR count). The number of nitrogens with zero attached hydrogens (tertiary/aromatic N) is 1. The molecule has 0 amide bonds. The Kier molecular flexibility index (Phi) is 3.03. The van der Waals surface area contributed by atoms with Crippen LogP contribution in [0.4, 0.5) is 10.1 Å². The van der Waals surface area contributed by atoms with E-state index >= 15 is 0 Å². The molecule has 0 aliphatic carbocycles. The zero-order valence-corrected chi connectivity index (χ0v) is 11.7. The maximum absolute atomic E-state index is 13.8. The largest absolute Gasteiger partial charge is 0.399 e. The highest BCUT2D eigenvalue weighted by Crippen LogP contribution is 2.22. The third kappa shape index (κ3) is 2.36. The van der Waals surface area contributed by atoms with Gasteiger partial charge in [0, 0.05) is 32.8 Å². The summed E-state index contributed by atoms with van der Waals surface area (Å²) in [7, 11) is 0. The molecule has 3 aromatic rings. The predicted octanol–water partition coefficient (Wildman–Crippen LogP) is 4.17. The fourth-order valence-corrected chi connectivity index (χ4v) is 2.56. The Morgan fingerprint density at radius 1 is 1.11 bits per heavy atom. The van der Waals surface area contributed by atoms with E-state index in [9.17, 15) is 4.39 Å². The molecule has 0 unspecified atom stereocenters. The molecule has 0 saturated heterocycles. The molecular formula is C15H12BrFN2.